The SMILES string of the molecule is c1ccc(-c2ccc3c(c2)c2cc(-c4ccc5oc6cc7c(cc6c5c4)oc4ccc(-c5cc(-c6ccccc6)nc(-c6ccccc6)n5)cc47)ccc2n3-c2ccccc2)cc1. The summed E-state index contributed by atoms with van der Waals surface area (Å²) in [5.74, 6) is 0.684. The van der Waals surface area contributed by atoms with Crippen molar-refractivity contribution in [2.45, 2.75) is 0 Å². The Kier molecular flexibility index (Phi) is 7.84. The first-order valence-corrected chi connectivity index (χ1v) is 21.2. The summed E-state index contributed by atoms with van der Waals surface area (Å²) in [6.45, 7) is 0. The van der Waals surface area contributed by atoms with E-state index in [9.17, 15) is 0 Å². The summed E-state index contributed by atoms with van der Waals surface area (Å²) in [5, 5.41) is 6.49. The molecule has 0 saturated heterocycles. The lowest BCUT2D eigenvalue weighted by molar-refractivity contribution is 0.664. The Labute approximate surface area is 361 Å². The monoisotopic (exact) mass is 805 g/mol. The van der Waals surface area contributed by atoms with E-state index in [0.29, 0.717) is 5.82 Å². The average molecular weight is 806 g/mol. The van der Waals surface area contributed by atoms with Crippen LogP contribution in [0.3, 0.4) is 0 Å². The van der Waals surface area contributed by atoms with Crippen LogP contribution in [0.25, 0.3) is 128 Å². The molecule has 0 amide bonds. The van der Waals surface area contributed by atoms with Crippen molar-refractivity contribution < 1.29 is 8.83 Å². The molecule has 0 aliphatic heterocycles. The number of hydrogen-bond donors (Lipinski definition) is 0. The molecule has 294 valence electrons. The van der Waals surface area contributed by atoms with Crippen LogP contribution in [0.1, 0.15) is 0 Å². The van der Waals surface area contributed by atoms with Gasteiger partial charge in [-0.15, -0.1) is 0 Å². The van der Waals surface area contributed by atoms with E-state index in [1.807, 2.05) is 54.6 Å². The lowest BCUT2D eigenvalue weighted by Crippen LogP contribution is -1.95. The Balaban J connectivity index is 0.925. The predicted molar refractivity (Wildman–Crippen MR) is 258 cm³/mol. The van der Waals surface area contributed by atoms with E-state index in [2.05, 4.69) is 162 Å². The summed E-state index contributed by atoms with van der Waals surface area (Å²) in [4.78, 5) is 10.1. The first-order chi connectivity index (χ1) is 31.2. The Morgan fingerprint density at radius 3 is 1.27 bits per heavy atom. The number of furan rings is 2. The van der Waals surface area contributed by atoms with Gasteiger partial charge in [0.15, 0.2) is 5.82 Å². The van der Waals surface area contributed by atoms with Crippen molar-refractivity contribution in [1.29, 1.82) is 0 Å². The molecule has 0 spiro atoms. The van der Waals surface area contributed by atoms with Crippen LogP contribution in [0, 0.1) is 0 Å². The molecule has 0 atom stereocenters. The Morgan fingerprint density at radius 1 is 0.286 bits per heavy atom. The third kappa shape index (κ3) is 5.86. The molecule has 63 heavy (non-hydrogen) atoms. The number of fused-ring (bicyclic) bond motifs is 9. The molecule has 5 nitrogen and oxygen atoms in total. The van der Waals surface area contributed by atoms with E-state index in [1.165, 1.54) is 32.9 Å². The van der Waals surface area contributed by atoms with Gasteiger partial charge in [0.1, 0.15) is 22.3 Å². The molecule has 0 aliphatic carbocycles. The Hall–Kier alpha value is -8.54. The Morgan fingerprint density at radius 2 is 0.698 bits per heavy atom. The number of aromatic nitrogens is 3. The topological polar surface area (TPSA) is 57.0 Å². The molecule has 13 aromatic rings. The van der Waals surface area contributed by atoms with Gasteiger partial charge < -0.3 is 13.4 Å². The zero-order chi connectivity index (χ0) is 41.4. The van der Waals surface area contributed by atoms with Crippen LogP contribution < -0.4 is 0 Å². The summed E-state index contributed by atoms with van der Waals surface area (Å²) < 4.78 is 15.5. The van der Waals surface area contributed by atoms with Gasteiger partial charge in [0.25, 0.3) is 0 Å². The minimum atomic E-state index is 0.684. The highest BCUT2D eigenvalue weighted by Gasteiger charge is 2.19. The van der Waals surface area contributed by atoms with Crippen LogP contribution >= 0.6 is 0 Å². The van der Waals surface area contributed by atoms with Crippen molar-refractivity contribution >= 4 is 65.7 Å². The van der Waals surface area contributed by atoms with E-state index >= 15 is 0 Å². The van der Waals surface area contributed by atoms with E-state index in [1.54, 1.807) is 0 Å². The highest BCUT2D eigenvalue weighted by Crippen LogP contribution is 2.41. The fraction of sp³-hybridized carbons (Fsp3) is 0. The number of benzene rings is 9. The highest BCUT2D eigenvalue weighted by atomic mass is 16.3. The molecule has 0 bridgehead atoms. The zero-order valence-electron chi connectivity index (χ0n) is 33.9. The first kappa shape index (κ1) is 35.2. The molecule has 0 fully saturated rings. The molecule has 13 rings (SSSR count). The Bertz CT molecular complexity index is 3830. The highest BCUT2D eigenvalue weighted by molar-refractivity contribution is 6.16. The fourth-order valence-corrected chi connectivity index (χ4v) is 9.32. The zero-order valence-corrected chi connectivity index (χ0v) is 33.9. The predicted octanol–water partition coefficient (Wildman–Crippen LogP) is 15.7. The van der Waals surface area contributed by atoms with Crippen molar-refractivity contribution in [1.82, 2.24) is 14.5 Å². The van der Waals surface area contributed by atoms with Crippen molar-refractivity contribution in [3.63, 3.8) is 0 Å². The van der Waals surface area contributed by atoms with E-state index in [4.69, 9.17) is 18.8 Å². The molecule has 4 aromatic heterocycles. The second-order valence-corrected chi connectivity index (χ2v) is 16.2. The van der Waals surface area contributed by atoms with Crippen molar-refractivity contribution in [3.8, 4) is 61.8 Å². The van der Waals surface area contributed by atoms with E-state index in [0.717, 1.165) is 88.8 Å². The maximum absolute atomic E-state index is 6.58. The maximum atomic E-state index is 6.58. The van der Waals surface area contributed by atoms with Gasteiger partial charge in [-0.25, -0.2) is 9.97 Å². The summed E-state index contributed by atoms with van der Waals surface area (Å²) in [6, 6.07) is 74.4. The minimum absolute atomic E-state index is 0.684. The van der Waals surface area contributed by atoms with Crippen molar-refractivity contribution in [3.05, 3.63) is 212 Å². The van der Waals surface area contributed by atoms with Crippen LogP contribution in [-0.2, 0) is 0 Å². The molecule has 9 aromatic carbocycles. The molecule has 5 heteroatoms. The van der Waals surface area contributed by atoms with Gasteiger partial charge in [-0.2, -0.15) is 0 Å². The molecule has 0 unspecified atom stereocenters. The molecule has 0 saturated carbocycles. The van der Waals surface area contributed by atoms with E-state index < -0.39 is 0 Å². The molecule has 0 radical (unpaired) electrons. The maximum Gasteiger partial charge on any atom is 0.160 e. The van der Waals surface area contributed by atoms with Crippen molar-refractivity contribution in [2.75, 3.05) is 0 Å². The van der Waals surface area contributed by atoms with Gasteiger partial charge in [0.2, 0.25) is 0 Å². The van der Waals surface area contributed by atoms with Gasteiger partial charge in [-0.1, -0.05) is 127 Å². The van der Waals surface area contributed by atoms with Gasteiger partial charge >= 0.3 is 0 Å². The summed E-state index contributed by atoms with van der Waals surface area (Å²) in [6.07, 6.45) is 0. The first-order valence-electron chi connectivity index (χ1n) is 21.2. The standard InChI is InChI=1S/C58H35N3O2/c1-5-13-36(14-6-1)39-21-25-52-44(29-39)45-30-40(22-26-53(45)61(52)43-19-11-4-12-20-43)41-23-27-54-46(31-41)48-33-57-49(34-56(48)62-54)47-32-42(24-28-55(47)63-57)51-35-50(37-15-7-2-8-16-37)59-58(60-51)38-17-9-3-10-18-38/h1-35H. The van der Waals surface area contributed by atoms with Crippen LogP contribution in [0.15, 0.2) is 221 Å². The minimum Gasteiger partial charge on any atom is -0.456 e. The van der Waals surface area contributed by atoms with Gasteiger partial charge in [-0.05, 0) is 107 Å². The number of hydrogen-bond acceptors (Lipinski definition) is 4. The van der Waals surface area contributed by atoms with Gasteiger partial charge in [-0.3, -0.25) is 0 Å². The number of nitrogens with zero attached hydrogens (tertiary/aromatic N) is 3. The average Bonchev–Trinajstić information content (AvgIpc) is 4.01. The normalized spacial score (nSPS) is 11.8. The fourth-order valence-electron chi connectivity index (χ4n) is 9.32. The van der Waals surface area contributed by atoms with Crippen LogP contribution in [-0.4, -0.2) is 14.5 Å². The molecule has 4 heterocycles. The summed E-state index contributed by atoms with van der Waals surface area (Å²) >= 11 is 0. The molecular weight excluding hydrogens is 771 g/mol. The second kappa shape index (κ2) is 14.0. The summed E-state index contributed by atoms with van der Waals surface area (Å²) in [7, 11) is 0. The van der Waals surface area contributed by atoms with Gasteiger partial charge in [0.05, 0.1) is 22.4 Å². The third-order valence-electron chi connectivity index (χ3n) is 12.4. The largest absolute Gasteiger partial charge is 0.456 e. The van der Waals surface area contributed by atoms with Gasteiger partial charge in [0, 0.05) is 54.7 Å². The molecule has 0 aliphatic rings. The van der Waals surface area contributed by atoms with Crippen LogP contribution in [0.5, 0.6) is 0 Å². The summed E-state index contributed by atoms with van der Waals surface area (Å²) in [5.41, 5.74) is 16.1. The molecule has 0 N–H and O–H groups in total. The smallest absolute Gasteiger partial charge is 0.160 e. The second-order valence-electron chi connectivity index (χ2n) is 16.2. The lowest BCUT2D eigenvalue weighted by atomic mass is 9.99. The molecular formula is C58H35N3O2. The van der Waals surface area contributed by atoms with Crippen LogP contribution in [0.4, 0.5) is 0 Å². The van der Waals surface area contributed by atoms with E-state index in [-0.39, 0.29) is 0 Å². The quantitative estimate of drug-likeness (QED) is 0.168. The number of para-hydroxylation sites is 1. The van der Waals surface area contributed by atoms with Crippen LogP contribution in [0.2, 0.25) is 0 Å². The third-order valence-corrected chi connectivity index (χ3v) is 12.4. The lowest BCUT2D eigenvalue weighted by Gasteiger charge is -2.09. The number of rotatable bonds is 6. The van der Waals surface area contributed by atoms with Crippen molar-refractivity contribution in [2.24, 2.45) is 0 Å².